The Labute approximate surface area is 152 Å². The second kappa shape index (κ2) is 5.68. The monoisotopic (exact) mass is 362 g/mol. The molecule has 1 aromatic heterocycles. The smallest absolute Gasteiger partial charge is 0.274 e. The number of nitrogens with zero attached hydrogens (tertiary/aromatic N) is 1. The van der Waals surface area contributed by atoms with E-state index in [9.17, 15) is 9.90 Å². The summed E-state index contributed by atoms with van der Waals surface area (Å²) in [6, 6.07) is 0.217. The molecule has 2 N–H and O–H groups in total. The number of amides is 1. The third-order valence-corrected chi connectivity index (χ3v) is 7.59. The number of thiazole rings is 1. The third kappa shape index (κ3) is 2.78. The van der Waals surface area contributed by atoms with Crippen LogP contribution < -0.4 is 10.1 Å². The Bertz CT molecular complexity index is 683. The molecule has 5 nitrogen and oxygen atoms in total. The van der Waals surface area contributed by atoms with Gasteiger partial charge < -0.3 is 15.2 Å². The van der Waals surface area contributed by atoms with Crippen LogP contribution in [0.5, 0.6) is 5.19 Å². The van der Waals surface area contributed by atoms with Crippen LogP contribution in [0.15, 0.2) is 0 Å². The van der Waals surface area contributed by atoms with Gasteiger partial charge in [-0.25, -0.2) is 4.98 Å². The van der Waals surface area contributed by atoms with E-state index >= 15 is 0 Å². The first kappa shape index (κ1) is 16.1. The largest absolute Gasteiger partial charge is 0.470 e. The maximum atomic E-state index is 13.0. The van der Waals surface area contributed by atoms with Crippen LogP contribution in [0.3, 0.4) is 0 Å². The molecule has 5 saturated carbocycles. The first-order valence-corrected chi connectivity index (χ1v) is 10.5. The second-order valence-electron chi connectivity index (χ2n) is 8.59. The molecule has 0 aliphatic heterocycles. The van der Waals surface area contributed by atoms with Gasteiger partial charge in [0.25, 0.3) is 11.1 Å². The minimum absolute atomic E-state index is 0.0230. The van der Waals surface area contributed by atoms with Gasteiger partial charge in [0.2, 0.25) is 0 Å². The van der Waals surface area contributed by atoms with Gasteiger partial charge in [0.15, 0.2) is 0 Å². The number of hydrogen-bond acceptors (Lipinski definition) is 5. The maximum Gasteiger partial charge on any atom is 0.274 e. The van der Waals surface area contributed by atoms with Crippen molar-refractivity contribution in [3.63, 3.8) is 0 Å². The van der Waals surface area contributed by atoms with E-state index in [0.29, 0.717) is 35.5 Å². The summed E-state index contributed by atoms with van der Waals surface area (Å²) < 4.78 is 5.55. The maximum absolute atomic E-state index is 13.0. The standard InChI is InChI=1S/C19H26N2O3S/c1-2-24-18-21-15(11-3-4-11)16(25-18)17(22)20-14-12-5-10-6-13(14)9-19(23,7-10)8-12/h10-14,23H,2-9H2,1H3,(H,20,22). The molecule has 6 rings (SSSR count). The fourth-order valence-electron chi connectivity index (χ4n) is 5.73. The lowest BCUT2D eigenvalue weighted by molar-refractivity contribution is -0.136. The predicted molar refractivity (Wildman–Crippen MR) is 95.0 cm³/mol. The van der Waals surface area contributed by atoms with Crippen LogP contribution in [-0.4, -0.2) is 34.2 Å². The van der Waals surface area contributed by atoms with Gasteiger partial charge in [-0.15, -0.1) is 0 Å². The molecule has 5 aliphatic carbocycles. The highest BCUT2D eigenvalue weighted by Gasteiger charge is 2.55. The van der Waals surface area contributed by atoms with Crippen molar-refractivity contribution in [3.05, 3.63) is 10.6 Å². The zero-order chi connectivity index (χ0) is 17.2. The molecule has 1 amide bonds. The minimum Gasteiger partial charge on any atom is -0.470 e. The van der Waals surface area contributed by atoms with Gasteiger partial charge in [0.05, 0.1) is 17.9 Å². The van der Waals surface area contributed by atoms with Crippen LogP contribution in [-0.2, 0) is 0 Å². The quantitative estimate of drug-likeness (QED) is 0.844. The van der Waals surface area contributed by atoms with Gasteiger partial charge in [0, 0.05) is 12.0 Å². The normalized spacial score (nSPS) is 38.8. The highest BCUT2D eigenvalue weighted by molar-refractivity contribution is 7.15. The van der Waals surface area contributed by atoms with Gasteiger partial charge in [0.1, 0.15) is 4.88 Å². The summed E-state index contributed by atoms with van der Waals surface area (Å²) in [6.45, 7) is 2.52. The van der Waals surface area contributed by atoms with Crippen molar-refractivity contribution in [2.45, 2.75) is 69.4 Å². The topological polar surface area (TPSA) is 71.5 Å². The zero-order valence-electron chi connectivity index (χ0n) is 14.7. The Morgan fingerprint density at radius 3 is 2.64 bits per heavy atom. The van der Waals surface area contributed by atoms with Crippen LogP contribution in [0.4, 0.5) is 0 Å². The van der Waals surface area contributed by atoms with E-state index in [1.165, 1.54) is 11.3 Å². The number of ether oxygens (including phenoxy) is 1. The Balaban J connectivity index is 1.36. The van der Waals surface area contributed by atoms with Crippen LogP contribution in [0, 0.1) is 17.8 Å². The van der Waals surface area contributed by atoms with Gasteiger partial charge in [-0.1, -0.05) is 11.3 Å². The highest BCUT2D eigenvalue weighted by atomic mass is 32.1. The van der Waals surface area contributed by atoms with E-state index in [-0.39, 0.29) is 11.9 Å². The van der Waals surface area contributed by atoms with Gasteiger partial charge in [-0.2, -0.15) is 0 Å². The summed E-state index contributed by atoms with van der Waals surface area (Å²) in [7, 11) is 0. The van der Waals surface area contributed by atoms with Gasteiger partial charge >= 0.3 is 0 Å². The van der Waals surface area contributed by atoms with Crippen molar-refractivity contribution in [1.29, 1.82) is 0 Å². The fraction of sp³-hybridized carbons (Fsp3) is 0.789. The van der Waals surface area contributed by atoms with Crippen LogP contribution in [0.2, 0.25) is 0 Å². The average molecular weight is 362 g/mol. The van der Waals surface area contributed by atoms with Gasteiger partial charge in [-0.3, -0.25) is 4.79 Å². The van der Waals surface area contributed by atoms with E-state index in [4.69, 9.17) is 4.74 Å². The van der Waals surface area contributed by atoms with Crippen LogP contribution >= 0.6 is 11.3 Å². The molecule has 0 saturated heterocycles. The summed E-state index contributed by atoms with van der Waals surface area (Å²) in [6.07, 6.45) is 7.25. The highest BCUT2D eigenvalue weighted by Crippen LogP contribution is 2.55. The van der Waals surface area contributed by atoms with Crippen molar-refractivity contribution in [2.75, 3.05) is 6.61 Å². The van der Waals surface area contributed by atoms with Crippen molar-refractivity contribution in [3.8, 4) is 5.19 Å². The molecule has 2 unspecified atom stereocenters. The van der Waals surface area contributed by atoms with Crippen LogP contribution in [0.1, 0.15) is 73.2 Å². The van der Waals surface area contributed by atoms with Crippen molar-refractivity contribution in [1.82, 2.24) is 10.3 Å². The molecule has 4 bridgehead atoms. The number of carbonyl (C=O) groups excluding carboxylic acids is 1. The summed E-state index contributed by atoms with van der Waals surface area (Å²) in [4.78, 5) is 18.4. The number of rotatable bonds is 5. The predicted octanol–water partition coefficient (Wildman–Crippen LogP) is 3.09. The molecule has 5 fully saturated rings. The van der Waals surface area contributed by atoms with Crippen molar-refractivity contribution < 1.29 is 14.6 Å². The fourth-order valence-corrected chi connectivity index (χ4v) is 6.69. The van der Waals surface area contributed by atoms with Crippen LogP contribution in [0.25, 0.3) is 0 Å². The van der Waals surface area contributed by atoms with E-state index in [0.717, 1.165) is 55.5 Å². The molecule has 1 aromatic rings. The Hall–Kier alpha value is -1.14. The molecule has 6 heteroatoms. The molecule has 136 valence electrons. The van der Waals surface area contributed by atoms with Gasteiger partial charge in [-0.05, 0) is 69.6 Å². The lowest BCUT2D eigenvalue weighted by atomic mass is 9.52. The lowest BCUT2D eigenvalue weighted by Gasteiger charge is -2.58. The third-order valence-electron chi connectivity index (χ3n) is 6.61. The van der Waals surface area contributed by atoms with E-state index in [1.54, 1.807) is 0 Å². The summed E-state index contributed by atoms with van der Waals surface area (Å²) in [5.41, 5.74) is 0.483. The number of aliphatic hydroxyl groups is 1. The van der Waals surface area contributed by atoms with E-state index in [1.807, 2.05) is 6.92 Å². The Kier molecular flexibility index (Phi) is 3.65. The first-order valence-electron chi connectivity index (χ1n) is 9.71. The molecule has 0 spiro atoms. The molecule has 0 radical (unpaired) electrons. The molecule has 0 aromatic carbocycles. The number of hydrogen-bond donors (Lipinski definition) is 2. The zero-order valence-corrected chi connectivity index (χ0v) is 15.5. The van der Waals surface area contributed by atoms with Crippen molar-refractivity contribution >= 4 is 17.2 Å². The molecule has 25 heavy (non-hydrogen) atoms. The number of carbonyl (C=O) groups is 1. The SMILES string of the molecule is CCOc1nc(C2CC2)c(C(=O)NC2C3CC4CC2CC(O)(C4)C3)s1. The molecule has 2 atom stereocenters. The summed E-state index contributed by atoms with van der Waals surface area (Å²) in [5.74, 6) is 1.98. The second-order valence-corrected chi connectivity index (χ2v) is 9.56. The molecular formula is C19H26N2O3S. The summed E-state index contributed by atoms with van der Waals surface area (Å²) in [5, 5.41) is 14.7. The molecular weight excluding hydrogens is 336 g/mol. The van der Waals surface area contributed by atoms with E-state index < -0.39 is 5.60 Å². The minimum atomic E-state index is -0.455. The van der Waals surface area contributed by atoms with Crippen molar-refractivity contribution in [2.24, 2.45) is 17.8 Å². The number of aromatic nitrogens is 1. The summed E-state index contributed by atoms with van der Waals surface area (Å²) >= 11 is 1.39. The van der Waals surface area contributed by atoms with E-state index in [2.05, 4.69) is 10.3 Å². The average Bonchev–Trinajstić information content (AvgIpc) is 3.30. The Morgan fingerprint density at radius 1 is 1.32 bits per heavy atom. The lowest BCUT2D eigenvalue weighted by Crippen LogP contribution is -2.61. The molecule has 1 heterocycles. The Morgan fingerprint density at radius 2 is 2.04 bits per heavy atom. The first-order chi connectivity index (χ1) is 12.0. The molecule has 5 aliphatic rings. The number of nitrogens with one attached hydrogen (secondary N) is 1.